The largest absolute Gasteiger partial charge is 0.351 e. The summed E-state index contributed by atoms with van der Waals surface area (Å²) in [5.41, 5.74) is 9.77. The van der Waals surface area contributed by atoms with Gasteiger partial charge in [0.05, 0.1) is 6.04 Å². The van der Waals surface area contributed by atoms with Gasteiger partial charge in [0.2, 0.25) is 5.91 Å². The van der Waals surface area contributed by atoms with Crippen molar-refractivity contribution in [2.45, 2.75) is 57.2 Å². The highest BCUT2D eigenvalue weighted by molar-refractivity contribution is 5.81. The van der Waals surface area contributed by atoms with Crippen LogP contribution in [0.3, 0.4) is 0 Å². The first-order valence-electron chi connectivity index (χ1n) is 10.0. The van der Waals surface area contributed by atoms with Gasteiger partial charge in [-0.15, -0.1) is 0 Å². The van der Waals surface area contributed by atoms with E-state index in [9.17, 15) is 4.79 Å². The van der Waals surface area contributed by atoms with Crippen LogP contribution in [0, 0.1) is 6.92 Å². The Morgan fingerprint density at radius 1 is 1.15 bits per heavy atom. The van der Waals surface area contributed by atoms with Crippen LogP contribution in [0.15, 0.2) is 54.6 Å². The molecular weight excluding hydrogens is 334 g/mol. The van der Waals surface area contributed by atoms with Gasteiger partial charge in [-0.05, 0) is 43.9 Å². The maximum absolute atomic E-state index is 12.1. The van der Waals surface area contributed by atoms with Crippen LogP contribution in [-0.2, 0) is 11.3 Å². The third-order valence-electron chi connectivity index (χ3n) is 5.25. The van der Waals surface area contributed by atoms with Crippen LogP contribution in [0.1, 0.15) is 48.3 Å². The van der Waals surface area contributed by atoms with Gasteiger partial charge in [0, 0.05) is 18.5 Å². The number of carbonyl (C=O) groups is 1. The summed E-state index contributed by atoms with van der Waals surface area (Å²) in [5, 5.41) is 6.56. The molecule has 27 heavy (non-hydrogen) atoms. The summed E-state index contributed by atoms with van der Waals surface area (Å²) < 4.78 is 0. The minimum Gasteiger partial charge on any atom is -0.351 e. The molecule has 4 N–H and O–H groups in total. The van der Waals surface area contributed by atoms with Crippen LogP contribution in [0.2, 0.25) is 0 Å². The van der Waals surface area contributed by atoms with Crippen LogP contribution in [0.25, 0.3) is 0 Å². The number of nitrogens with one attached hydrogen (secondary N) is 2. The molecule has 0 aromatic heterocycles. The fraction of sp³-hybridized carbons (Fsp3) is 0.435. The first kappa shape index (κ1) is 19.6. The van der Waals surface area contributed by atoms with Gasteiger partial charge in [-0.1, -0.05) is 66.6 Å². The summed E-state index contributed by atoms with van der Waals surface area (Å²) in [6, 6.07) is 19.0. The van der Waals surface area contributed by atoms with E-state index in [0.29, 0.717) is 18.5 Å². The number of hydrogen-bond donors (Lipinski definition) is 3. The molecular formula is C23H31N3O. The smallest absolute Gasteiger partial charge is 0.237 e. The molecule has 0 heterocycles. The number of benzene rings is 2. The molecule has 0 aliphatic heterocycles. The lowest BCUT2D eigenvalue weighted by atomic mass is 10.1. The number of nitrogens with two attached hydrogens (primary N) is 1. The minimum absolute atomic E-state index is 0.0594. The van der Waals surface area contributed by atoms with E-state index in [1.54, 1.807) is 0 Å². The van der Waals surface area contributed by atoms with Crippen molar-refractivity contribution < 1.29 is 4.79 Å². The molecule has 4 nitrogen and oxygen atoms in total. The Bertz CT molecular complexity index is 731. The van der Waals surface area contributed by atoms with Crippen LogP contribution in [-0.4, -0.2) is 24.5 Å². The van der Waals surface area contributed by atoms with Gasteiger partial charge >= 0.3 is 0 Å². The van der Waals surface area contributed by atoms with Gasteiger partial charge in [0.25, 0.3) is 0 Å². The summed E-state index contributed by atoms with van der Waals surface area (Å²) in [4.78, 5) is 12.1. The topological polar surface area (TPSA) is 67.2 Å². The molecule has 1 saturated carbocycles. The molecule has 4 heteroatoms. The van der Waals surface area contributed by atoms with E-state index < -0.39 is 6.04 Å². The van der Waals surface area contributed by atoms with E-state index in [2.05, 4.69) is 60.0 Å². The van der Waals surface area contributed by atoms with Crippen molar-refractivity contribution >= 4 is 5.91 Å². The zero-order valence-corrected chi connectivity index (χ0v) is 16.2. The highest BCUT2D eigenvalue weighted by Gasteiger charge is 2.37. The average Bonchev–Trinajstić information content (AvgIpc) is 3.46. The van der Waals surface area contributed by atoms with Crippen LogP contribution < -0.4 is 16.4 Å². The number of unbranched alkanes of at least 4 members (excludes halogenated alkanes) is 1. The van der Waals surface area contributed by atoms with Crippen molar-refractivity contribution in [3.05, 3.63) is 71.3 Å². The fourth-order valence-corrected chi connectivity index (χ4v) is 3.54. The second-order valence-corrected chi connectivity index (χ2v) is 7.62. The Morgan fingerprint density at radius 3 is 2.74 bits per heavy atom. The SMILES string of the molecule is Cc1cccc(CNC(=O)[C@@H](N)CCCCNC2CC2c2ccccc2)c1. The Morgan fingerprint density at radius 2 is 1.96 bits per heavy atom. The standard InChI is InChI=1S/C23H31N3O/c1-17-8-7-9-18(14-17)16-26-23(27)21(24)12-5-6-13-25-22-15-20(22)19-10-3-2-4-11-19/h2-4,7-11,14,20-22,25H,5-6,12-13,15-16,24H2,1H3,(H,26,27)/t20?,21-,22?/m0/s1. The van der Waals surface area contributed by atoms with Gasteiger partial charge in [0.15, 0.2) is 0 Å². The van der Waals surface area contributed by atoms with Crippen LogP contribution in [0.5, 0.6) is 0 Å². The molecule has 2 aromatic rings. The summed E-state index contributed by atoms with van der Waals surface area (Å²) in [6.07, 6.45) is 3.98. The molecule has 0 saturated heterocycles. The summed E-state index contributed by atoms with van der Waals surface area (Å²) in [7, 11) is 0. The average molecular weight is 366 g/mol. The molecule has 1 aliphatic rings. The van der Waals surface area contributed by atoms with E-state index in [4.69, 9.17) is 5.73 Å². The molecule has 1 aliphatic carbocycles. The number of carbonyl (C=O) groups excluding carboxylic acids is 1. The molecule has 1 amide bonds. The first-order chi connectivity index (χ1) is 13.1. The van der Waals surface area contributed by atoms with Crippen molar-refractivity contribution in [2.24, 2.45) is 5.73 Å². The monoisotopic (exact) mass is 365 g/mol. The van der Waals surface area contributed by atoms with Crippen molar-refractivity contribution in [1.29, 1.82) is 0 Å². The van der Waals surface area contributed by atoms with Crippen LogP contribution >= 0.6 is 0 Å². The lowest BCUT2D eigenvalue weighted by Gasteiger charge is -2.12. The molecule has 0 radical (unpaired) electrons. The van der Waals surface area contributed by atoms with Crippen molar-refractivity contribution in [2.75, 3.05) is 6.54 Å². The van der Waals surface area contributed by atoms with Crippen molar-refractivity contribution in [1.82, 2.24) is 10.6 Å². The van der Waals surface area contributed by atoms with E-state index in [1.165, 1.54) is 17.5 Å². The number of hydrogen-bond acceptors (Lipinski definition) is 3. The van der Waals surface area contributed by atoms with E-state index in [-0.39, 0.29) is 5.91 Å². The lowest BCUT2D eigenvalue weighted by Crippen LogP contribution is -2.40. The quantitative estimate of drug-likeness (QED) is 0.566. The van der Waals surface area contributed by atoms with Gasteiger partial charge < -0.3 is 16.4 Å². The molecule has 144 valence electrons. The third-order valence-corrected chi connectivity index (χ3v) is 5.25. The molecule has 2 unspecified atom stereocenters. The summed E-state index contributed by atoms with van der Waals surface area (Å²) >= 11 is 0. The Labute approximate surface area is 162 Å². The Balaban J connectivity index is 1.25. The Hall–Kier alpha value is -2.17. The highest BCUT2D eigenvalue weighted by Crippen LogP contribution is 2.40. The zero-order chi connectivity index (χ0) is 19.1. The minimum atomic E-state index is -0.423. The van der Waals surface area contributed by atoms with Gasteiger partial charge in [-0.25, -0.2) is 0 Å². The van der Waals surface area contributed by atoms with E-state index >= 15 is 0 Å². The van der Waals surface area contributed by atoms with Gasteiger partial charge in [-0.2, -0.15) is 0 Å². The molecule has 3 atom stereocenters. The van der Waals surface area contributed by atoms with Gasteiger partial charge in [0.1, 0.15) is 0 Å². The summed E-state index contributed by atoms with van der Waals surface area (Å²) in [5.74, 6) is 0.608. The zero-order valence-electron chi connectivity index (χ0n) is 16.2. The second kappa shape index (κ2) is 9.67. The highest BCUT2D eigenvalue weighted by atomic mass is 16.2. The van der Waals surface area contributed by atoms with Gasteiger partial charge in [-0.3, -0.25) is 4.79 Å². The maximum atomic E-state index is 12.1. The van der Waals surface area contributed by atoms with Crippen molar-refractivity contribution in [3.8, 4) is 0 Å². The summed E-state index contributed by atoms with van der Waals surface area (Å²) in [6.45, 7) is 3.58. The van der Waals surface area contributed by atoms with E-state index in [1.807, 2.05) is 12.1 Å². The second-order valence-electron chi connectivity index (χ2n) is 7.62. The van der Waals surface area contributed by atoms with Crippen molar-refractivity contribution in [3.63, 3.8) is 0 Å². The maximum Gasteiger partial charge on any atom is 0.237 e. The third kappa shape index (κ3) is 6.19. The first-order valence-corrected chi connectivity index (χ1v) is 10.0. The Kier molecular flexibility index (Phi) is 7.02. The molecule has 1 fully saturated rings. The molecule has 3 rings (SSSR count). The lowest BCUT2D eigenvalue weighted by molar-refractivity contribution is -0.122. The number of rotatable bonds is 10. The van der Waals surface area contributed by atoms with Crippen LogP contribution in [0.4, 0.5) is 0 Å². The normalized spacial score (nSPS) is 19.5. The molecule has 0 spiro atoms. The predicted octanol–water partition coefficient (Wildman–Crippen LogP) is 3.25. The molecule has 0 bridgehead atoms. The molecule has 2 aromatic carbocycles. The number of amides is 1. The predicted molar refractivity (Wildman–Crippen MR) is 110 cm³/mol. The number of aryl methyl sites for hydroxylation is 1. The fourth-order valence-electron chi connectivity index (χ4n) is 3.54. The van der Waals surface area contributed by atoms with E-state index in [0.717, 1.165) is 31.4 Å².